The van der Waals surface area contributed by atoms with Crippen LogP contribution in [0.25, 0.3) is 5.57 Å². The first-order valence-corrected chi connectivity index (χ1v) is 8.35. The zero-order chi connectivity index (χ0) is 15.8. The van der Waals surface area contributed by atoms with Gasteiger partial charge in [0.2, 0.25) is 0 Å². The van der Waals surface area contributed by atoms with Crippen molar-refractivity contribution in [3.63, 3.8) is 0 Å². The van der Waals surface area contributed by atoms with Crippen LogP contribution in [-0.4, -0.2) is 54.2 Å². The Bertz CT molecular complexity index is 638. The normalized spacial score (nSPS) is 23.5. The Hall–Kier alpha value is -2.05. The Morgan fingerprint density at radius 3 is 2.83 bits per heavy atom. The minimum Gasteiger partial charge on any atom is -0.361 e. The van der Waals surface area contributed by atoms with E-state index in [9.17, 15) is 4.79 Å². The summed E-state index contributed by atoms with van der Waals surface area (Å²) in [6, 6.07) is 8.46. The van der Waals surface area contributed by atoms with Crippen LogP contribution in [0, 0.1) is 0 Å². The van der Waals surface area contributed by atoms with Crippen molar-refractivity contribution in [3.8, 4) is 0 Å². The number of benzene rings is 1. The van der Waals surface area contributed by atoms with Gasteiger partial charge in [0.1, 0.15) is 6.17 Å². The standard InChI is InChI=1S/C17H23N5O/c18-7-3-4-8-21-9-12(10-21)22-11-14-13-5-1-2-6-15(13)19-16(14)20-17(22)23/h1-2,5-6,11-12,16,19H,3-4,7-10,18H2,(H,20,23). The van der Waals surface area contributed by atoms with E-state index in [4.69, 9.17) is 5.73 Å². The summed E-state index contributed by atoms with van der Waals surface area (Å²) in [5.74, 6) is 0. The molecule has 23 heavy (non-hydrogen) atoms. The number of nitrogens with one attached hydrogen (secondary N) is 2. The van der Waals surface area contributed by atoms with E-state index in [1.807, 2.05) is 29.3 Å². The van der Waals surface area contributed by atoms with Crippen molar-refractivity contribution in [3.05, 3.63) is 36.0 Å². The molecule has 0 aliphatic carbocycles. The minimum absolute atomic E-state index is 0.00864. The van der Waals surface area contributed by atoms with Crippen molar-refractivity contribution in [2.45, 2.75) is 25.0 Å². The van der Waals surface area contributed by atoms with Crippen LogP contribution in [-0.2, 0) is 0 Å². The number of likely N-dealkylation sites (tertiary alicyclic amines) is 1. The molecule has 2 amide bonds. The van der Waals surface area contributed by atoms with Crippen molar-refractivity contribution in [1.29, 1.82) is 0 Å². The second-order valence-electron chi connectivity index (χ2n) is 6.47. The Balaban J connectivity index is 1.44. The molecule has 1 fully saturated rings. The molecule has 1 atom stereocenters. The molecule has 1 aromatic rings. The quantitative estimate of drug-likeness (QED) is 0.715. The molecular formula is C17H23N5O. The van der Waals surface area contributed by atoms with Gasteiger partial charge in [-0.1, -0.05) is 18.2 Å². The number of rotatable bonds is 5. The highest BCUT2D eigenvalue weighted by Gasteiger charge is 2.39. The van der Waals surface area contributed by atoms with Gasteiger partial charge >= 0.3 is 6.03 Å². The van der Waals surface area contributed by atoms with Crippen LogP contribution in [0.4, 0.5) is 10.5 Å². The van der Waals surface area contributed by atoms with Crippen LogP contribution < -0.4 is 16.4 Å². The van der Waals surface area contributed by atoms with Crippen LogP contribution in [0.3, 0.4) is 0 Å². The Morgan fingerprint density at radius 1 is 1.17 bits per heavy atom. The number of unbranched alkanes of at least 4 members (excludes halogenated alkanes) is 1. The van der Waals surface area contributed by atoms with Crippen molar-refractivity contribution in [2.24, 2.45) is 5.73 Å². The number of fused-ring (bicyclic) bond motifs is 3. The second kappa shape index (κ2) is 5.86. The summed E-state index contributed by atoms with van der Waals surface area (Å²) in [5, 5.41) is 6.42. The smallest absolute Gasteiger partial charge is 0.323 e. The molecule has 0 radical (unpaired) electrons. The SMILES string of the molecule is NCCCCN1CC(N2C=C3c4ccccc4NC3NC2=O)C1. The van der Waals surface area contributed by atoms with Crippen LogP contribution in [0.5, 0.6) is 0 Å². The summed E-state index contributed by atoms with van der Waals surface area (Å²) < 4.78 is 0. The highest BCUT2D eigenvalue weighted by atomic mass is 16.2. The number of amides is 2. The monoisotopic (exact) mass is 313 g/mol. The number of carbonyl (C=O) groups is 1. The van der Waals surface area contributed by atoms with Crippen molar-refractivity contribution in [2.75, 3.05) is 31.5 Å². The average molecular weight is 313 g/mol. The van der Waals surface area contributed by atoms with Gasteiger partial charge in [-0.3, -0.25) is 9.80 Å². The Morgan fingerprint density at radius 2 is 2.00 bits per heavy atom. The molecule has 6 heteroatoms. The van der Waals surface area contributed by atoms with Gasteiger partial charge in [0.15, 0.2) is 0 Å². The van der Waals surface area contributed by atoms with Gasteiger partial charge < -0.3 is 16.4 Å². The largest absolute Gasteiger partial charge is 0.361 e. The zero-order valence-corrected chi connectivity index (χ0v) is 13.2. The first-order chi connectivity index (χ1) is 11.3. The number of carbonyl (C=O) groups excluding carboxylic acids is 1. The van der Waals surface area contributed by atoms with Crippen molar-refractivity contribution in [1.82, 2.24) is 15.1 Å². The maximum absolute atomic E-state index is 12.4. The lowest BCUT2D eigenvalue weighted by atomic mass is 10.0. The lowest BCUT2D eigenvalue weighted by molar-refractivity contribution is 0.0727. The molecule has 3 heterocycles. The topological polar surface area (TPSA) is 73.6 Å². The highest BCUT2D eigenvalue weighted by Crippen LogP contribution is 2.36. The molecule has 0 bridgehead atoms. The van der Waals surface area contributed by atoms with E-state index < -0.39 is 0 Å². The third-order valence-corrected chi connectivity index (χ3v) is 4.89. The fourth-order valence-electron chi connectivity index (χ4n) is 3.57. The molecule has 122 valence electrons. The molecular weight excluding hydrogens is 290 g/mol. The van der Waals surface area contributed by atoms with E-state index in [0.29, 0.717) is 0 Å². The van der Waals surface area contributed by atoms with Gasteiger partial charge in [-0.2, -0.15) is 0 Å². The molecule has 1 saturated heterocycles. The molecule has 1 unspecified atom stereocenters. The van der Waals surface area contributed by atoms with Gasteiger partial charge in [-0.05, 0) is 32.0 Å². The van der Waals surface area contributed by atoms with Gasteiger partial charge in [-0.25, -0.2) is 4.79 Å². The molecule has 1 aromatic carbocycles. The summed E-state index contributed by atoms with van der Waals surface area (Å²) >= 11 is 0. The summed E-state index contributed by atoms with van der Waals surface area (Å²) in [4.78, 5) is 16.6. The van der Waals surface area contributed by atoms with Crippen LogP contribution in [0.15, 0.2) is 30.5 Å². The first-order valence-electron chi connectivity index (χ1n) is 8.35. The van der Waals surface area contributed by atoms with Crippen LogP contribution >= 0.6 is 0 Å². The lowest BCUT2D eigenvalue weighted by Crippen LogP contribution is -2.63. The van der Waals surface area contributed by atoms with E-state index in [1.165, 1.54) is 5.56 Å². The number of nitrogens with zero attached hydrogens (tertiary/aromatic N) is 2. The Labute approximate surface area is 136 Å². The zero-order valence-electron chi connectivity index (χ0n) is 13.2. The molecule has 0 aromatic heterocycles. The van der Waals surface area contributed by atoms with Crippen molar-refractivity contribution < 1.29 is 4.79 Å². The number of para-hydroxylation sites is 1. The second-order valence-corrected chi connectivity index (χ2v) is 6.47. The predicted molar refractivity (Wildman–Crippen MR) is 90.7 cm³/mol. The number of nitrogens with two attached hydrogens (primary N) is 1. The molecule has 4 rings (SSSR count). The van der Waals surface area contributed by atoms with Crippen LogP contribution in [0.2, 0.25) is 0 Å². The van der Waals surface area contributed by atoms with Gasteiger partial charge in [0.25, 0.3) is 0 Å². The fourth-order valence-corrected chi connectivity index (χ4v) is 3.57. The van der Waals surface area contributed by atoms with E-state index >= 15 is 0 Å². The molecule has 6 nitrogen and oxygen atoms in total. The first kappa shape index (κ1) is 14.5. The molecule has 3 aliphatic heterocycles. The number of anilines is 1. The van der Waals surface area contributed by atoms with Gasteiger partial charge in [0.05, 0.1) is 6.04 Å². The van der Waals surface area contributed by atoms with E-state index in [2.05, 4.69) is 21.6 Å². The van der Waals surface area contributed by atoms with Gasteiger partial charge in [-0.15, -0.1) is 0 Å². The molecule has 0 spiro atoms. The molecule has 4 N–H and O–H groups in total. The minimum atomic E-state index is -0.100. The maximum Gasteiger partial charge on any atom is 0.323 e. The summed E-state index contributed by atoms with van der Waals surface area (Å²) in [6.07, 6.45) is 4.14. The number of hydrogen-bond donors (Lipinski definition) is 3. The molecule has 3 aliphatic rings. The summed E-state index contributed by atoms with van der Waals surface area (Å²) in [7, 11) is 0. The van der Waals surface area contributed by atoms with Crippen LogP contribution in [0.1, 0.15) is 18.4 Å². The number of hydrogen-bond acceptors (Lipinski definition) is 4. The summed E-state index contributed by atoms with van der Waals surface area (Å²) in [5.41, 5.74) is 8.95. The maximum atomic E-state index is 12.4. The van der Waals surface area contributed by atoms with E-state index in [0.717, 1.165) is 50.3 Å². The van der Waals surface area contributed by atoms with E-state index in [1.54, 1.807) is 0 Å². The lowest BCUT2D eigenvalue weighted by Gasteiger charge is -2.45. The third-order valence-electron chi connectivity index (χ3n) is 4.89. The number of urea groups is 1. The predicted octanol–water partition coefficient (Wildman–Crippen LogP) is 1.23. The van der Waals surface area contributed by atoms with Crippen molar-refractivity contribution >= 4 is 17.3 Å². The summed E-state index contributed by atoms with van der Waals surface area (Å²) in [6.45, 7) is 3.72. The van der Waals surface area contributed by atoms with E-state index in [-0.39, 0.29) is 18.2 Å². The molecule has 0 saturated carbocycles. The van der Waals surface area contributed by atoms with Gasteiger partial charge in [0, 0.05) is 36.1 Å². The Kier molecular flexibility index (Phi) is 3.71. The third kappa shape index (κ3) is 2.58. The fraction of sp³-hybridized carbons (Fsp3) is 0.471. The average Bonchev–Trinajstić information content (AvgIpc) is 2.86. The highest BCUT2D eigenvalue weighted by molar-refractivity contribution is 5.93.